The Morgan fingerprint density at radius 1 is 1.38 bits per heavy atom. The van der Waals surface area contributed by atoms with E-state index < -0.39 is 17.3 Å². The minimum Gasteiger partial charge on any atom is -0.465 e. The molecule has 1 saturated heterocycles. The molecule has 1 aromatic carbocycles. The van der Waals surface area contributed by atoms with Gasteiger partial charge in [-0.3, -0.25) is 19.3 Å². The molecular formula is C17H22N2O4S. The topological polar surface area (TPSA) is 89.7 Å². The number of hydrogen-bond donors (Lipinski definition) is 1. The predicted molar refractivity (Wildman–Crippen MR) is 92.3 cm³/mol. The van der Waals surface area contributed by atoms with E-state index >= 15 is 0 Å². The molecule has 24 heavy (non-hydrogen) atoms. The van der Waals surface area contributed by atoms with Gasteiger partial charge in [-0.25, -0.2) is 0 Å². The molecule has 0 saturated carbocycles. The Kier molecular flexibility index (Phi) is 6.81. The summed E-state index contributed by atoms with van der Waals surface area (Å²) in [4.78, 5) is 37.2. The molecule has 6 nitrogen and oxygen atoms in total. The number of carbonyl (C=O) groups excluding carboxylic acids is 3. The summed E-state index contributed by atoms with van der Waals surface area (Å²) >= 11 is 1.25. The molecule has 2 amide bonds. The monoisotopic (exact) mass is 350 g/mol. The zero-order valence-electron chi connectivity index (χ0n) is 13.6. The molecule has 2 rings (SSSR count). The molecule has 0 unspecified atom stereocenters. The average Bonchev–Trinajstić information content (AvgIpc) is 2.85. The Morgan fingerprint density at radius 2 is 2.08 bits per heavy atom. The van der Waals surface area contributed by atoms with Crippen molar-refractivity contribution in [1.82, 2.24) is 4.90 Å². The van der Waals surface area contributed by atoms with Gasteiger partial charge in [-0.2, -0.15) is 0 Å². The van der Waals surface area contributed by atoms with Crippen LogP contribution in [-0.4, -0.2) is 52.9 Å². The first-order valence-corrected chi connectivity index (χ1v) is 8.99. The second kappa shape index (κ2) is 8.84. The summed E-state index contributed by atoms with van der Waals surface area (Å²) in [6.45, 7) is 2.36. The molecule has 1 aliphatic heterocycles. The fourth-order valence-electron chi connectivity index (χ4n) is 2.44. The van der Waals surface area contributed by atoms with Gasteiger partial charge in [-0.05, 0) is 18.9 Å². The summed E-state index contributed by atoms with van der Waals surface area (Å²) in [6.07, 6.45) is 0.798. The quantitative estimate of drug-likeness (QED) is 0.555. The number of nitrogens with two attached hydrogens (primary N) is 1. The summed E-state index contributed by atoms with van der Waals surface area (Å²) in [5.74, 6) is -0.590. The fourth-order valence-corrected chi connectivity index (χ4v) is 3.55. The van der Waals surface area contributed by atoms with Gasteiger partial charge in [0.25, 0.3) is 0 Å². The molecule has 130 valence electrons. The molecule has 1 aromatic rings. The summed E-state index contributed by atoms with van der Waals surface area (Å²) < 4.78 is 4.84. The first-order chi connectivity index (χ1) is 11.5. The zero-order valence-corrected chi connectivity index (χ0v) is 14.5. The van der Waals surface area contributed by atoms with Crippen LogP contribution in [0.1, 0.15) is 18.9 Å². The van der Waals surface area contributed by atoms with E-state index in [1.165, 1.54) is 16.7 Å². The lowest BCUT2D eigenvalue weighted by molar-refractivity contribution is -0.144. The zero-order chi connectivity index (χ0) is 17.5. The van der Waals surface area contributed by atoms with Gasteiger partial charge in [-0.15, -0.1) is 11.8 Å². The van der Waals surface area contributed by atoms with E-state index in [9.17, 15) is 14.4 Å². The van der Waals surface area contributed by atoms with Crippen molar-refractivity contribution in [2.24, 2.45) is 5.73 Å². The SMILES string of the molecule is CCOC(=O)[C@@H](N)CS[C@H]1CC(=O)N(CCc2ccccc2)C1=O. The van der Waals surface area contributed by atoms with Gasteiger partial charge in [0.1, 0.15) is 6.04 Å². The Balaban J connectivity index is 1.83. The highest BCUT2D eigenvalue weighted by molar-refractivity contribution is 8.00. The smallest absolute Gasteiger partial charge is 0.323 e. The third kappa shape index (κ3) is 4.82. The van der Waals surface area contributed by atoms with E-state index in [-0.39, 0.29) is 30.6 Å². The van der Waals surface area contributed by atoms with Crippen LogP contribution in [-0.2, 0) is 25.5 Å². The van der Waals surface area contributed by atoms with Gasteiger partial charge >= 0.3 is 5.97 Å². The minimum absolute atomic E-state index is 0.161. The van der Waals surface area contributed by atoms with E-state index in [2.05, 4.69) is 0 Å². The second-order valence-electron chi connectivity index (χ2n) is 5.50. The highest BCUT2D eigenvalue weighted by Gasteiger charge is 2.38. The molecule has 0 bridgehead atoms. The van der Waals surface area contributed by atoms with E-state index in [0.29, 0.717) is 13.0 Å². The van der Waals surface area contributed by atoms with Crippen molar-refractivity contribution in [1.29, 1.82) is 0 Å². The molecule has 1 heterocycles. The molecule has 0 aliphatic carbocycles. The number of benzene rings is 1. The van der Waals surface area contributed by atoms with Gasteiger partial charge in [0.15, 0.2) is 0 Å². The van der Waals surface area contributed by atoms with Crippen molar-refractivity contribution in [2.75, 3.05) is 18.9 Å². The first kappa shape index (κ1) is 18.5. The van der Waals surface area contributed by atoms with Gasteiger partial charge in [0.2, 0.25) is 11.8 Å². The van der Waals surface area contributed by atoms with Gasteiger partial charge in [0.05, 0.1) is 11.9 Å². The number of imide groups is 1. The van der Waals surface area contributed by atoms with Crippen molar-refractivity contribution in [2.45, 2.75) is 31.1 Å². The number of rotatable bonds is 8. The lowest BCUT2D eigenvalue weighted by atomic mass is 10.1. The number of nitrogens with zero attached hydrogens (tertiary/aromatic N) is 1. The maximum Gasteiger partial charge on any atom is 0.323 e. The van der Waals surface area contributed by atoms with Crippen LogP contribution in [0.15, 0.2) is 30.3 Å². The van der Waals surface area contributed by atoms with Gasteiger partial charge in [0, 0.05) is 18.7 Å². The maximum absolute atomic E-state index is 12.4. The maximum atomic E-state index is 12.4. The number of hydrogen-bond acceptors (Lipinski definition) is 6. The summed E-state index contributed by atoms with van der Waals surface area (Å²) in [5.41, 5.74) is 6.81. The second-order valence-corrected chi connectivity index (χ2v) is 6.74. The number of ether oxygens (including phenoxy) is 1. The van der Waals surface area contributed by atoms with Crippen molar-refractivity contribution in [3.63, 3.8) is 0 Å². The molecule has 0 radical (unpaired) electrons. The first-order valence-electron chi connectivity index (χ1n) is 7.95. The van der Waals surface area contributed by atoms with Gasteiger partial charge < -0.3 is 10.5 Å². The molecule has 7 heteroatoms. The van der Waals surface area contributed by atoms with E-state index in [1.807, 2.05) is 30.3 Å². The summed E-state index contributed by atoms with van der Waals surface area (Å²) in [6, 6.07) is 8.94. The standard InChI is InChI=1S/C17H22N2O4S/c1-2-23-17(22)13(18)11-24-14-10-15(20)19(16(14)21)9-8-12-6-4-3-5-7-12/h3-7,13-14H,2,8-11,18H2,1H3/t13-,14-/m0/s1. The van der Waals surface area contributed by atoms with Crippen LogP contribution in [0.25, 0.3) is 0 Å². The van der Waals surface area contributed by atoms with E-state index in [0.717, 1.165) is 5.56 Å². The summed E-state index contributed by atoms with van der Waals surface area (Å²) in [7, 11) is 0. The third-order valence-corrected chi connectivity index (χ3v) is 5.06. The Hall–Kier alpha value is -1.86. The largest absolute Gasteiger partial charge is 0.465 e. The number of amides is 2. The van der Waals surface area contributed by atoms with Crippen LogP contribution in [0.2, 0.25) is 0 Å². The molecule has 1 aliphatic rings. The number of esters is 1. The Morgan fingerprint density at radius 3 is 2.75 bits per heavy atom. The van der Waals surface area contributed by atoms with Crippen molar-refractivity contribution < 1.29 is 19.1 Å². The van der Waals surface area contributed by atoms with Crippen LogP contribution in [0, 0.1) is 0 Å². The summed E-state index contributed by atoms with van der Waals surface area (Å²) in [5, 5.41) is -0.464. The minimum atomic E-state index is -0.781. The van der Waals surface area contributed by atoms with Gasteiger partial charge in [-0.1, -0.05) is 30.3 Å². The predicted octanol–water partition coefficient (Wildman–Crippen LogP) is 0.980. The highest BCUT2D eigenvalue weighted by atomic mass is 32.2. The Bertz CT molecular complexity index is 594. The van der Waals surface area contributed by atoms with E-state index in [4.69, 9.17) is 10.5 Å². The molecular weight excluding hydrogens is 328 g/mol. The van der Waals surface area contributed by atoms with Crippen LogP contribution >= 0.6 is 11.8 Å². The molecule has 2 atom stereocenters. The lowest BCUT2D eigenvalue weighted by Crippen LogP contribution is -2.36. The normalized spacial score (nSPS) is 18.8. The van der Waals surface area contributed by atoms with Crippen molar-refractivity contribution in [3.8, 4) is 0 Å². The van der Waals surface area contributed by atoms with Crippen LogP contribution in [0.5, 0.6) is 0 Å². The number of thioether (sulfide) groups is 1. The van der Waals surface area contributed by atoms with Crippen LogP contribution in [0.4, 0.5) is 0 Å². The lowest BCUT2D eigenvalue weighted by Gasteiger charge is -2.15. The fraction of sp³-hybridized carbons (Fsp3) is 0.471. The molecule has 0 spiro atoms. The average molecular weight is 350 g/mol. The van der Waals surface area contributed by atoms with Crippen molar-refractivity contribution >= 4 is 29.5 Å². The van der Waals surface area contributed by atoms with Crippen molar-refractivity contribution in [3.05, 3.63) is 35.9 Å². The molecule has 1 fully saturated rings. The van der Waals surface area contributed by atoms with E-state index in [1.54, 1.807) is 6.92 Å². The Labute approximate surface area is 145 Å². The molecule has 0 aromatic heterocycles. The third-order valence-electron chi connectivity index (χ3n) is 3.74. The number of carbonyl (C=O) groups is 3. The molecule has 2 N–H and O–H groups in total. The van der Waals surface area contributed by atoms with Crippen LogP contribution in [0.3, 0.4) is 0 Å². The number of likely N-dealkylation sites (tertiary alicyclic amines) is 1. The highest BCUT2D eigenvalue weighted by Crippen LogP contribution is 2.25. The van der Waals surface area contributed by atoms with Crippen LogP contribution < -0.4 is 5.73 Å².